The van der Waals surface area contributed by atoms with Gasteiger partial charge in [-0.3, -0.25) is 4.79 Å². The molecule has 0 saturated carbocycles. The molecular formula is C14H21N3O2. The quantitative estimate of drug-likeness (QED) is 0.828. The third kappa shape index (κ3) is 2.98. The summed E-state index contributed by atoms with van der Waals surface area (Å²) in [6.07, 6.45) is 0. The Balaban J connectivity index is 2.06. The molecule has 1 aromatic carbocycles. The molecule has 5 nitrogen and oxygen atoms in total. The molecule has 2 N–H and O–H groups in total. The van der Waals surface area contributed by atoms with E-state index in [1.807, 2.05) is 4.90 Å². The van der Waals surface area contributed by atoms with E-state index in [4.69, 9.17) is 10.5 Å². The van der Waals surface area contributed by atoms with Crippen molar-refractivity contribution in [3.05, 3.63) is 23.8 Å². The summed E-state index contributed by atoms with van der Waals surface area (Å²) in [5.74, 6) is 0.650. The molecule has 1 aliphatic rings. The average molecular weight is 263 g/mol. The molecule has 0 unspecified atom stereocenters. The lowest BCUT2D eigenvalue weighted by Crippen LogP contribution is -2.48. The summed E-state index contributed by atoms with van der Waals surface area (Å²) < 4.78 is 5.10. The number of anilines is 1. The zero-order valence-electron chi connectivity index (χ0n) is 11.6. The predicted octanol–water partition coefficient (Wildman–Crippen LogP) is 1.06. The molecule has 104 valence electrons. The number of piperazine rings is 1. The van der Waals surface area contributed by atoms with Crippen LogP contribution in [0.5, 0.6) is 5.75 Å². The van der Waals surface area contributed by atoms with Gasteiger partial charge in [0.05, 0.1) is 12.8 Å². The lowest BCUT2D eigenvalue weighted by atomic mass is 10.1. The van der Waals surface area contributed by atoms with Gasteiger partial charge in [0.15, 0.2) is 0 Å². The number of carbonyl (C=O) groups excluding carboxylic acids is 1. The maximum absolute atomic E-state index is 12.4. The third-order valence-electron chi connectivity index (χ3n) is 3.58. The maximum atomic E-state index is 12.4. The number of hydrogen-bond donors (Lipinski definition) is 1. The molecule has 5 heteroatoms. The molecule has 1 heterocycles. The Morgan fingerprint density at radius 3 is 2.53 bits per heavy atom. The van der Waals surface area contributed by atoms with Crippen LogP contribution in [-0.4, -0.2) is 55.5 Å². The minimum Gasteiger partial charge on any atom is -0.495 e. The number of nitrogens with zero attached hydrogens (tertiary/aromatic N) is 2. The summed E-state index contributed by atoms with van der Waals surface area (Å²) in [7, 11) is 1.57. The number of nitrogens with two attached hydrogens (primary N) is 1. The molecule has 0 aliphatic carbocycles. The Morgan fingerprint density at radius 2 is 2.00 bits per heavy atom. The lowest BCUT2D eigenvalue weighted by molar-refractivity contribution is 0.0643. The largest absolute Gasteiger partial charge is 0.495 e. The van der Waals surface area contributed by atoms with Crippen LogP contribution in [0.4, 0.5) is 5.69 Å². The summed E-state index contributed by atoms with van der Waals surface area (Å²) in [5, 5.41) is 0. The van der Waals surface area contributed by atoms with Crippen molar-refractivity contribution in [2.45, 2.75) is 6.92 Å². The van der Waals surface area contributed by atoms with Crippen LogP contribution in [0, 0.1) is 0 Å². The average Bonchev–Trinajstić information content (AvgIpc) is 2.46. The number of hydrogen-bond acceptors (Lipinski definition) is 4. The van der Waals surface area contributed by atoms with Crippen molar-refractivity contribution < 1.29 is 9.53 Å². The summed E-state index contributed by atoms with van der Waals surface area (Å²) in [6.45, 7) is 6.61. The van der Waals surface area contributed by atoms with E-state index in [9.17, 15) is 4.79 Å². The Morgan fingerprint density at radius 1 is 1.32 bits per heavy atom. The third-order valence-corrected chi connectivity index (χ3v) is 3.58. The molecule has 2 rings (SSSR count). The normalized spacial score (nSPS) is 16.4. The van der Waals surface area contributed by atoms with E-state index < -0.39 is 0 Å². The fourth-order valence-corrected chi connectivity index (χ4v) is 2.32. The van der Waals surface area contributed by atoms with Crippen molar-refractivity contribution in [2.24, 2.45) is 0 Å². The number of nitrogen functional groups attached to an aromatic ring is 1. The van der Waals surface area contributed by atoms with Gasteiger partial charge in [-0.15, -0.1) is 0 Å². The van der Waals surface area contributed by atoms with Gasteiger partial charge in [0.2, 0.25) is 0 Å². The predicted molar refractivity (Wildman–Crippen MR) is 75.4 cm³/mol. The van der Waals surface area contributed by atoms with Gasteiger partial charge >= 0.3 is 0 Å². The second kappa shape index (κ2) is 5.93. The van der Waals surface area contributed by atoms with Crippen molar-refractivity contribution in [3.63, 3.8) is 0 Å². The smallest absolute Gasteiger partial charge is 0.254 e. The Labute approximate surface area is 113 Å². The first-order chi connectivity index (χ1) is 9.15. The molecule has 1 amide bonds. The summed E-state index contributed by atoms with van der Waals surface area (Å²) >= 11 is 0. The van der Waals surface area contributed by atoms with Crippen LogP contribution < -0.4 is 10.5 Å². The van der Waals surface area contributed by atoms with Gasteiger partial charge in [-0.1, -0.05) is 6.92 Å². The molecule has 1 aliphatic heterocycles. The minimum atomic E-state index is 0.0464. The highest BCUT2D eigenvalue weighted by molar-refractivity contribution is 5.95. The monoisotopic (exact) mass is 263 g/mol. The van der Waals surface area contributed by atoms with Crippen LogP contribution in [0.2, 0.25) is 0 Å². The Bertz CT molecular complexity index is 454. The van der Waals surface area contributed by atoms with Gasteiger partial charge in [0.1, 0.15) is 5.75 Å². The van der Waals surface area contributed by atoms with E-state index in [0.29, 0.717) is 17.0 Å². The van der Waals surface area contributed by atoms with Gasteiger partial charge in [-0.05, 0) is 24.7 Å². The van der Waals surface area contributed by atoms with Gasteiger partial charge < -0.3 is 20.3 Å². The minimum absolute atomic E-state index is 0.0464. The first-order valence-electron chi connectivity index (χ1n) is 6.61. The molecule has 0 atom stereocenters. The number of likely N-dealkylation sites (N-methyl/N-ethyl adjacent to an activating group) is 1. The molecule has 0 aromatic heterocycles. The summed E-state index contributed by atoms with van der Waals surface area (Å²) in [6, 6.07) is 5.20. The van der Waals surface area contributed by atoms with E-state index in [-0.39, 0.29) is 5.91 Å². The molecule has 19 heavy (non-hydrogen) atoms. The van der Waals surface area contributed by atoms with Crippen molar-refractivity contribution in [3.8, 4) is 5.75 Å². The number of methoxy groups -OCH3 is 1. The van der Waals surface area contributed by atoms with Gasteiger partial charge in [0.25, 0.3) is 5.91 Å². The maximum Gasteiger partial charge on any atom is 0.254 e. The van der Waals surface area contributed by atoms with E-state index >= 15 is 0 Å². The summed E-state index contributed by atoms with van der Waals surface area (Å²) in [5.41, 5.74) is 6.97. The van der Waals surface area contributed by atoms with Gasteiger partial charge in [-0.2, -0.15) is 0 Å². The molecule has 0 spiro atoms. The Kier molecular flexibility index (Phi) is 4.27. The molecule has 1 fully saturated rings. The van der Waals surface area contributed by atoms with Crippen LogP contribution in [0.15, 0.2) is 18.2 Å². The van der Waals surface area contributed by atoms with Crippen molar-refractivity contribution >= 4 is 11.6 Å². The van der Waals surface area contributed by atoms with Crippen LogP contribution in [0.25, 0.3) is 0 Å². The van der Waals surface area contributed by atoms with Gasteiger partial charge in [0, 0.05) is 31.7 Å². The molecule has 1 saturated heterocycles. The second-order valence-corrected chi connectivity index (χ2v) is 4.68. The van der Waals surface area contributed by atoms with Crippen LogP contribution >= 0.6 is 0 Å². The fourth-order valence-electron chi connectivity index (χ4n) is 2.32. The van der Waals surface area contributed by atoms with Crippen LogP contribution in [0.1, 0.15) is 17.3 Å². The summed E-state index contributed by atoms with van der Waals surface area (Å²) in [4.78, 5) is 16.6. The van der Waals surface area contributed by atoms with E-state index in [2.05, 4.69) is 11.8 Å². The first-order valence-corrected chi connectivity index (χ1v) is 6.61. The van der Waals surface area contributed by atoms with E-state index in [1.165, 1.54) is 0 Å². The molecule has 0 radical (unpaired) electrons. The molecular weight excluding hydrogens is 242 g/mol. The van der Waals surface area contributed by atoms with Crippen LogP contribution in [0.3, 0.4) is 0 Å². The molecule has 0 bridgehead atoms. The first kappa shape index (κ1) is 13.7. The standard InChI is InChI=1S/C14H21N3O2/c1-3-16-6-8-17(9-7-16)14(18)11-4-5-13(19-2)12(15)10-11/h4-5,10H,3,6-9,15H2,1-2H3. The van der Waals surface area contributed by atoms with Crippen LogP contribution in [-0.2, 0) is 0 Å². The number of amides is 1. The van der Waals surface area contributed by atoms with Crippen molar-refractivity contribution in [1.82, 2.24) is 9.80 Å². The highest BCUT2D eigenvalue weighted by Crippen LogP contribution is 2.22. The number of rotatable bonds is 3. The van der Waals surface area contributed by atoms with E-state index in [1.54, 1.807) is 25.3 Å². The number of benzene rings is 1. The van der Waals surface area contributed by atoms with Crippen molar-refractivity contribution in [2.75, 3.05) is 45.6 Å². The number of carbonyl (C=O) groups is 1. The zero-order chi connectivity index (χ0) is 13.8. The zero-order valence-corrected chi connectivity index (χ0v) is 11.6. The molecule has 1 aromatic rings. The fraction of sp³-hybridized carbons (Fsp3) is 0.500. The second-order valence-electron chi connectivity index (χ2n) is 4.68. The Hall–Kier alpha value is -1.75. The number of ether oxygens (including phenoxy) is 1. The van der Waals surface area contributed by atoms with Gasteiger partial charge in [-0.25, -0.2) is 0 Å². The topological polar surface area (TPSA) is 58.8 Å². The SMILES string of the molecule is CCN1CCN(C(=O)c2ccc(OC)c(N)c2)CC1. The van der Waals surface area contributed by atoms with Crippen molar-refractivity contribution in [1.29, 1.82) is 0 Å². The highest BCUT2D eigenvalue weighted by atomic mass is 16.5. The van der Waals surface area contributed by atoms with E-state index in [0.717, 1.165) is 32.7 Å². The lowest BCUT2D eigenvalue weighted by Gasteiger charge is -2.34. The highest BCUT2D eigenvalue weighted by Gasteiger charge is 2.21.